The summed E-state index contributed by atoms with van der Waals surface area (Å²) in [6.45, 7) is 2.20. The number of nitrogens with one attached hydrogen (secondary N) is 1. The van der Waals surface area contributed by atoms with Crippen LogP contribution in [0.1, 0.15) is 19.3 Å². The molecule has 6 nitrogen and oxygen atoms in total. The van der Waals surface area contributed by atoms with Crippen LogP contribution in [-0.4, -0.2) is 34.9 Å². The molecule has 4 rings (SSSR count). The van der Waals surface area contributed by atoms with E-state index in [1.54, 1.807) is 12.1 Å². The van der Waals surface area contributed by atoms with Gasteiger partial charge in [0.05, 0.1) is 5.75 Å². The van der Waals surface area contributed by atoms with E-state index in [1.165, 1.54) is 36.7 Å². The van der Waals surface area contributed by atoms with Crippen molar-refractivity contribution in [3.05, 3.63) is 53.6 Å². The third-order valence-corrected chi connectivity index (χ3v) is 5.77. The first kappa shape index (κ1) is 19.8. The lowest BCUT2D eigenvalue weighted by Gasteiger charge is -2.28. The predicted molar refractivity (Wildman–Crippen MR) is 117 cm³/mol. The normalized spacial score (nSPS) is 14.0. The zero-order chi connectivity index (χ0) is 20.1. The lowest BCUT2D eigenvalue weighted by Crippen LogP contribution is -2.29. The quantitative estimate of drug-likeness (QED) is 0.550. The van der Waals surface area contributed by atoms with E-state index in [0.717, 1.165) is 24.3 Å². The first-order chi connectivity index (χ1) is 14.2. The molecule has 1 fully saturated rings. The van der Waals surface area contributed by atoms with Crippen LogP contribution in [-0.2, 0) is 4.79 Å². The number of carbonyl (C=O) groups is 1. The van der Waals surface area contributed by atoms with Crippen molar-refractivity contribution >= 4 is 40.6 Å². The van der Waals surface area contributed by atoms with E-state index in [1.807, 2.05) is 24.3 Å². The lowest BCUT2D eigenvalue weighted by atomic mass is 10.1. The number of hydrogen-bond acceptors (Lipinski definition) is 6. The van der Waals surface area contributed by atoms with Crippen molar-refractivity contribution in [2.75, 3.05) is 29.1 Å². The molecule has 1 amide bonds. The number of halogens is 1. The Kier molecular flexibility index (Phi) is 6.36. The standard InChI is InChI=1S/C21H21ClN4O2S/c22-16-6-4-15(5-7-16)20-24-25-21(28-20)29-14-19(27)23-17-8-10-18(11-9-17)26-12-2-1-3-13-26/h4-11H,1-3,12-14H2,(H,23,27). The number of carbonyl (C=O) groups excluding carboxylic acids is 1. The molecule has 0 bridgehead atoms. The van der Waals surface area contributed by atoms with Gasteiger partial charge in [-0.25, -0.2) is 0 Å². The van der Waals surface area contributed by atoms with Gasteiger partial charge in [0.1, 0.15) is 0 Å². The molecule has 1 N–H and O–H groups in total. The number of nitrogens with zero attached hydrogens (tertiary/aromatic N) is 3. The molecular formula is C21H21ClN4O2S. The number of rotatable bonds is 6. The molecule has 0 atom stereocenters. The Labute approximate surface area is 178 Å². The van der Waals surface area contributed by atoms with Gasteiger partial charge >= 0.3 is 0 Å². The maximum Gasteiger partial charge on any atom is 0.277 e. The summed E-state index contributed by atoms with van der Waals surface area (Å²) in [6.07, 6.45) is 3.79. The molecule has 1 aliphatic heterocycles. The Morgan fingerprint density at radius 2 is 1.76 bits per heavy atom. The molecule has 1 aliphatic rings. The van der Waals surface area contributed by atoms with Crippen molar-refractivity contribution in [1.82, 2.24) is 10.2 Å². The predicted octanol–water partition coefficient (Wildman–Crippen LogP) is 5.11. The van der Waals surface area contributed by atoms with Crippen molar-refractivity contribution in [3.63, 3.8) is 0 Å². The van der Waals surface area contributed by atoms with Crippen LogP contribution >= 0.6 is 23.4 Å². The molecule has 3 aromatic rings. The molecule has 2 aromatic carbocycles. The minimum atomic E-state index is -0.119. The fourth-order valence-corrected chi connectivity index (χ4v) is 3.90. The SMILES string of the molecule is O=C(CSc1nnc(-c2ccc(Cl)cc2)o1)Nc1ccc(N2CCCCC2)cc1. The summed E-state index contributed by atoms with van der Waals surface area (Å²) < 4.78 is 5.61. The first-order valence-electron chi connectivity index (χ1n) is 9.54. The van der Waals surface area contributed by atoms with E-state index in [2.05, 4.69) is 32.5 Å². The second kappa shape index (κ2) is 9.33. The fraction of sp³-hybridized carbons (Fsp3) is 0.286. The summed E-state index contributed by atoms with van der Waals surface area (Å²) in [4.78, 5) is 14.6. The maximum atomic E-state index is 12.2. The Hall–Kier alpha value is -2.51. The molecule has 0 aliphatic carbocycles. The van der Waals surface area contributed by atoms with Crippen molar-refractivity contribution < 1.29 is 9.21 Å². The lowest BCUT2D eigenvalue weighted by molar-refractivity contribution is -0.113. The summed E-state index contributed by atoms with van der Waals surface area (Å²) in [5.74, 6) is 0.473. The number of aromatic nitrogens is 2. The second-order valence-electron chi connectivity index (χ2n) is 6.81. The van der Waals surface area contributed by atoms with E-state index in [-0.39, 0.29) is 11.7 Å². The Morgan fingerprint density at radius 3 is 2.48 bits per heavy atom. The van der Waals surface area contributed by atoms with Crippen LogP contribution in [0, 0.1) is 0 Å². The number of piperidine rings is 1. The van der Waals surface area contributed by atoms with Gasteiger partial charge in [-0.15, -0.1) is 10.2 Å². The summed E-state index contributed by atoms with van der Waals surface area (Å²) in [7, 11) is 0. The van der Waals surface area contributed by atoms with Crippen LogP contribution in [0.4, 0.5) is 11.4 Å². The van der Waals surface area contributed by atoms with Crippen LogP contribution in [0.25, 0.3) is 11.5 Å². The third-order valence-electron chi connectivity index (χ3n) is 4.70. The smallest absolute Gasteiger partial charge is 0.277 e. The van der Waals surface area contributed by atoms with Crippen LogP contribution in [0.2, 0.25) is 5.02 Å². The van der Waals surface area contributed by atoms with E-state index in [4.69, 9.17) is 16.0 Å². The topological polar surface area (TPSA) is 71.3 Å². The number of anilines is 2. The molecule has 1 aromatic heterocycles. The fourth-order valence-electron chi connectivity index (χ4n) is 3.21. The third kappa shape index (κ3) is 5.31. The zero-order valence-corrected chi connectivity index (χ0v) is 17.4. The molecule has 0 saturated carbocycles. The van der Waals surface area contributed by atoms with Crippen molar-refractivity contribution in [2.45, 2.75) is 24.5 Å². The number of hydrogen-bond donors (Lipinski definition) is 1. The van der Waals surface area contributed by atoms with Crippen LogP contribution in [0.5, 0.6) is 0 Å². The Morgan fingerprint density at radius 1 is 1.03 bits per heavy atom. The summed E-state index contributed by atoms with van der Waals surface area (Å²) in [5.41, 5.74) is 2.77. The van der Waals surface area contributed by atoms with E-state index in [9.17, 15) is 4.79 Å². The summed E-state index contributed by atoms with van der Waals surface area (Å²) in [6, 6.07) is 15.1. The second-order valence-corrected chi connectivity index (χ2v) is 8.17. The number of benzene rings is 2. The minimum Gasteiger partial charge on any atom is -0.411 e. The van der Waals surface area contributed by atoms with Gasteiger partial charge in [0.15, 0.2) is 0 Å². The van der Waals surface area contributed by atoms with Crippen molar-refractivity contribution in [3.8, 4) is 11.5 Å². The summed E-state index contributed by atoms with van der Waals surface area (Å²) >= 11 is 7.09. The van der Waals surface area contributed by atoms with E-state index in [0.29, 0.717) is 16.1 Å². The van der Waals surface area contributed by atoms with Crippen molar-refractivity contribution in [2.24, 2.45) is 0 Å². The van der Waals surface area contributed by atoms with E-state index >= 15 is 0 Å². The van der Waals surface area contributed by atoms with Gasteiger partial charge in [-0.1, -0.05) is 23.4 Å². The van der Waals surface area contributed by atoms with Gasteiger partial charge in [0.25, 0.3) is 5.22 Å². The van der Waals surface area contributed by atoms with Gasteiger partial charge in [-0.2, -0.15) is 0 Å². The van der Waals surface area contributed by atoms with Crippen LogP contribution in [0.15, 0.2) is 58.2 Å². The average molecular weight is 429 g/mol. The highest BCUT2D eigenvalue weighted by Crippen LogP contribution is 2.25. The zero-order valence-electron chi connectivity index (χ0n) is 15.8. The largest absolute Gasteiger partial charge is 0.411 e. The molecule has 8 heteroatoms. The summed E-state index contributed by atoms with van der Waals surface area (Å²) in [5, 5.41) is 11.9. The van der Waals surface area contributed by atoms with E-state index < -0.39 is 0 Å². The molecule has 1 saturated heterocycles. The average Bonchev–Trinajstić information content (AvgIpc) is 3.23. The van der Waals surface area contributed by atoms with Gasteiger partial charge in [-0.05, 0) is 67.8 Å². The molecule has 0 spiro atoms. The maximum absolute atomic E-state index is 12.2. The van der Waals surface area contributed by atoms with Gasteiger partial charge in [-0.3, -0.25) is 4.79 Å². The van der Waals surface area contributed by atoms with Crippen LogP contribution in [0.3, 0.4) is 0 Å². The highest BCUT2D eigenvalue weighted by atomic mass is 35.5. The Bertz CT molecular complexity index is 954. The Balaban J connectivity index is 1.28. The van der Waals surface area contributed by atoms with Crippen LogP contribution < -0.4 is 10.2 Å². The van der Waals surface area contributed by atoms with Gasteiger partial charge < -0.3 is 14.6 Å². The monoisotopic (exact) mass is 428 g/mol. The molecule has 2 heterocycles. The molecule has 0 radical (unpaired) electrons. The molecule has 0 unspecified atom stereocenters. The van der Waals surface area contributed by atoms with Gasteiger partial charge in [0.2, 0.25) is 11.8 Å². The molecular weight excluding hydrogens is 408 g/mol. The van der Waals surface area contributed by atoms with Gasteiger partial charge in [0, 0.05) is 35.1 Å². The highest BCUT2D eigenvalue weighted by molar-refractivity contribution is 7.99. The molecule has 29 heavy (non-hydrogen) atoms. The minimum absolute atomic E-state index is 0.119. The molecule has 150 valence electrons. The van der Waals surface area contributed by atoms with Crippen molar-refractivity contribution in [1.29, 1.82) is 0 Å². The number of thioether (sulfide) groups is 1. The highest BCUT2D eigenvalue weighted by Gasteiger charge is 2.13. The first-order valence-corrected chi connectivity index (χ1v) is 10.9. The number of amides is 1.